The summed E-state index contributed by atoms with van der Waals surface area (Å²) < 4.78 is 31.1. The molecule has 7 nitrogen and oxygen atoms in total. The van der Waals surface area contributed by atoms with Gasteiger partial charge in [-0.15, -0.1) is 0 Å². The van der Waals surface area contributed by atoms with Gasteiger partial charge in [0.25, 0.3) is 0 Å². The molecular weight excluding hydrogens is 400 g/mol. The molecule has 3 N–H and O–H groups in total. The number of nitrogens with one attached hydrogen (secondary N) is 3. The molecule has 0 spiro atoms. The van der Waals surface area contributed by atoms with Gasteiger partial charge in [-0.05, 0) is 50.1 Å². The van der Waals surface area contributed by atoms with Crippen molar-refractivity contribution >= 4 is 16.0 Å². The molecule has 0 aromatic heterocycles. The molecule has 0 unspecified atom stereocenters. The van der Waals surface area contributed by atoms with E-state index in [9.17, 15) is 8.42 Å². The van der Waals surface area contributed by atoms with E-state index in [4.69, 9.17) is 4.74 Å². The fraction of sp³-hybridized carbons (Fsp3) is 0.409. The van der Waals surface area contributed by atoms with Crippen molar-refractivity contribution in [2.24, 2.45) is 4.99 Å². The van der Waals surface area contributed by atoms with Crippen LogP contribution in [0.1, 0.15) is 29.2 Å². The first-order valence-corrected chi connectivity index (χ1v) is 11.7. The number of sulfonamides is 1. The van der Waals surface area contributed by atoms with Gasteiger partial charge >= 0.3 is 0 Å². The minimum atomic E-state index is -3.27. The number of aryl methyl sites for hydroxylation is 1. The molecule has 0 bridgehead atoms. The molecule has 0 aliphatic carbocycles. The van der Waals surface area contributed by atoms with E-state index >= 15 is 0 Å². The third-order valence-electron chi connectivity index (χ3n) is 4.58. The zero-order valence-corrected chi connectivity index (χ0v) is 19.0. The average Bonchev–Trinajstić information content (AvgIpc) is 2.73. The molecule has 2 aromatic carbocycles. The molecule has 164 valence electrons. The lowest BCUT2D eigenvalue weighted by Gasteiger charge is -2.13. The van der Waals surface area contributed by atoms with E-state index in [0.717, 1.165) is 47.9 Å². The number of hydrogen-bond acceptors (Lipinski definition) is 4. The van der Waals surface area contributed by atoms with Crippen LogP contribution >= 0.6 is 0 Å². The quantitative estimate of drug-likeness (QED) is 0.396. The van der Waals surface area contributed by atoms with E-state index in [1.165, 1.54) is 12.6 Å². The number of methoxy groups -OCH3 is 1. The summed E-state index contributed by atoms with van der Waals surface area (Å²) in [7, 11) is -0.160. The maximum absolute atomic E-state index is 11.6. The normalized spacial score (nSPS) is 11.9. The van der Waals surface area contributed by atoms with Crippen LogP contribution < -0.4 is 20.1 Å². The Morgan fingerprint density at radius 3 is 2.40 bits per heavy atom. The van der Waals surface area contributed by atoms with Gasteiger partial charge in [0.1, 0.15) is 5.75 Å². The minimum Gasteiger partial charge on any atom is -0.496 e. The van der Waals surface area contributed by atoms with Crippen molar-refractivity contribution in [3.8, 4) is 5.75 Å². The molecular formula is C22H32N4O3S. The number of rotatable bonds is 10. The highest BCUT2D eigenvalue weighted by Crippen LogP contribution is 2.19. The van der Waals surface area contributed by atoms with E-state index in [0.29, 0.717) is 6.54 Å². The van der Waals surface area contributed by atoms with Crippen LogP contribution in [0.25, 0.3) is 0 Å². The van der Waals surface area contributed by atoms with Crippen LogP contribution in [0.5, 0.6) is 5.75 Å². The summed E-state index contributed by atoms with van der Waals surface area (Å²) in [5.41, 5.74) is 4.12. The molecule has 0 aliphatic heterocycles. The maximum atomic E-state index is 11.6. The summed E-state index contributed by atoms with van der Waals surface area (Å²) >= 11 is 0. The first-order valence-electron chi connectivity index (χ1n) is 10.0. The van der Waals surface area contributed by atoms with Crippen LogP contribution in [0.15, 0.2) is 47.5 Å². The van der Waals surface area contributed by atoms with Crippen LogP contribution in [-0.2, 0) is 28.7 Å². The molecule has 0 saturated carbocycles. The van der Waals surface area contributed by atoms with Gasteiger partial charge in [-0.25, -0.2) is 18.1 Å². The number of nitrogens with zero attached hydrogens (tertiary/aromatic N) is 1. The van der Waals surface area contributed by atoms with Gasteiger partial charge in [0.05, 0.1) is 19.4 Å². The van der Waals surface area contributed by atoms with Crippen molar-refractivity contribution in [1.29, 1.82) is 0 Å². The van der Waals surface area contributed by atoms with Crippen molar-refractivity contribution in [2.75, 3.05) is 27.2 Å². The maximum Gasteiger partial charge on any atom is 0.215 e. The summed E-state index contributed by atoms with van der Waals surface area (Å²) in [5.74, 6) is 1.61. The highest BCUT2D eigenvalue weighted by Gasteiger charge is 2.08. The lowest BCUT2D eigenvalue weighted by atomic mass is 10.1. The number of aliphatic imine (C=N–C) groups is 1. The topological polar surface area (TPSA) is 91.8 Å². The smallest absolute Gasteiger partial charge is 0.215 e. The molecule has 0 saturated heterocycles. The second-order valence-electron chi connectivity index (χ2n) is 6.97. The number of ether oxygens (including phenoxy) is 1. The van der Waals surface area contributed by atoms with Crippen LogP contribution in [0.3, 0.4) is 0 Å². The molecule has 0 atom stereocenters. The van der Waals surface area contributed by atoms with Crippen LogP contribution in [0.4, 0.5) is 0 Å². The van der Waals surface area contributed by atoms with Crippen LogP contribution in [-0.4, -0.2) is 41.6 Å². The summed E-state index contributed by atoms with van der Waals surface area (Å²) in [4.78, 5) is 4.63. The van der Waals surface area contributed by atoms with Crippen molar-refractivity contribution in [2.45, 2.75) is 32.6 Å². The van der Waals surface area contributed by atoms with E-state index in [-0.39, 0.29) is 5.75 Å². The van der Waals surface area contributed by atoms with Crippen molar-refractivity contribution in [1.82, 2.24) is 15.4 Å². The number of hydrogen-bond donors (Lipinski definition) is 3. The highest BCUT2D eigenvalue weighted by atomic mass is 32.2. The summed E-state index contributed by atoms with van der Waals surface area (Å²) in [6, 6.07) is 13.6. The first kappa shape index (κ1) is 23.7. The van der Waals surface area contributed by atoms with Gasteiger partial charge in [0, 0.05) is 13.1 Å². The molecule has 8 heteroatoms. The van der Waals surface area contributed by atoms with Gasteiger partial charge in [0.15, 0.2) is 5.96 Å². The standard InChI is InChI=1S/C22H32N4O3S/c1-5-24-22(25-13-12-20-14-17(2)6-11-21(20)29-4)26-15-18-7-9-19(10-8-18)16-30(27,28)23-3/h6-11,14,23H,5,12-13,15-16H2,1-4H3,(H2,24,25,26). The molecule has 0 amide bonds. The zero-order valence-electron chi connectivity index (χ0n) is 18.2. The molecule has 0 aliphatic rings. The Morgan fingerprint density at radius 1 is 1.07 bits per heavy atom. The Hall–Kier alpha value is -2.58. The van der Waals surface area contributed by atoms with E-state index in [1.54, 1.807) is 7.11 Å². The van der Waals surface area contributed by atoms with E-state index in [1.807, 2.05) is 43.3 Å². The van der Waals surface area contributed by atoms with E-state index < -0.39 is 10.0 Å². The molecule has 2 rings (SSSR count). The van der Waals surface area contributed by atoms with Crippen molar-refractivity contribution in [3.63, 3.8) is 0 Å². The second-order valence-corrected chi connectivity index (χ2v) is 8.89. The highest BCUT2D eigenvalue weighted by molar-refractivity contribution is 7.88. The molecule has 0 radical (unpaired) electrons. The van der Waals surface area contributed by atoms with Gasteiger partial charge in [-0.2, -0.15) is 0 Å². The van der Waals surface area contributed by atoms with Crippen molar-refractivity contribution in [3.05, 3.63) is 64.7 Å². The monoisotopic (exact) mass is 432 g/mol. The van der Waals surface area contributed by atoms with Crippen LogP contribution in [0.2, 0.25) is 0 Å². The summed E-state index contributed by atoms with van der Waals surface area (Å²) in [6.07, 6.45) is 0.823. The largest absolute Gasteiger partial charge is 0.496 e. The fourth-order valence-electron chi connectivity index (χ4n) is 2.96. The van der Waals surface area contributed by atoms with Gasteiger partial charge < -0.3 is 15.4 Å². The average molecular weight is 433 g/mol. The van der Waals surface area contributed by atoms with Gasteiger partial charge in [-0.3, -0.25) is 0 Å². The second kappa shape index (κ2) is 11.6. The SMILES string of the molecule is CCNC(=NCc1ccc(CS(=O)(=O)NC)cc1)NCCc1cc(C)ccc1OC. The third kappa shape index (κ3) is 7.68. The summed E-state index contributed by atoms with van der Waals surface area (Å²) in [6.45, 7) is 6.09. The molecule has 0 fully saturated rings. The van der Waals surface area contributed by atoms with Crippen molar-refractivity contribution < 1.29 is 13.2 Å². The Kier molecular flexibility index (Phi) is 9.14. The lowest BCUT2D eigenvalue weighted by Crippen LogP contribution is -2.38. The third-order valence-corrected chi connectivity index (χ3v) is 5.91. The summed E-state index contributed by atoms with van der Waals surface area (Å²) in [5, 5.41) is 6.61. The Balaban J connectivity index is 1.95. The predicted molar refractivity (Wildman–Crippen MR) is 122 cm³/mol. The predicted octanol–water partition coefficient (Wildman–Crippen LogP) is 2.35. The van der Waals surface area contributed by atoms with Crippen LogP contribution in [0, 0.1) is 6.92 Å². The van der Waals surface area contributed by atoms with E-state index in [2.05, 4.69) is 33.3 Å². The molecule has 2 aromatic rings. The number of benzene rings is 2. The van der Waals surface area contributed by atoms with Gasteiger partial charge in [0.2, 0.25) is 10.0 Å². The lowest BCUT2D eigenvalue weighted by molar-refractivity contribution is 0.409. The first-order chi connectivity index (χ1) is 14.4. The zero-order chi connectivity index (χ0) is 22.0. The Morgan fingerprint density at radius 2 is 1.77 bits per heavy atom. The minimum absolute atomic E-state index is 0.0281. The van der Waals surface area contributed by atoms with Gasteiger partial charge in [-0.1, -0.05) is 42.0 Å². The molecule has 0 heterocycles. The number of guanidine groups is 1. The Labute approximate surface area is 180 Å². The molecule has 30 heavy (non-hydrogen) atoms. The Bertz CT molecular complexity index is 941. The fourth-order valence-corrected chi connectivity index (χ4v) is 3.74.